The highest BCUT2D eigenvalue weighted by Gasteiger charge is 2.24. The third kappa shape index (κ3) is 3.79. The zero-order valence-corrected chi connectivity index (χ0v) is 14.1. The normalized spacial score (nSPS) is 15.5. The molecule has 1 saturated heterocycles. The molecule has 0 radical (unpaired) electrons. The van der Waals surface area contributed by atoms with Gasteiger partial charge in [0.05, 0.1) is 12.0 Å². The Bertz CT molecular complexity index is 680. The van der Waals surface area contributed by atoms with Gasteiger partial charge < -0.3 is 15.0 Å². The van der Waals surface area contributed by atoms with Crippen molar-refractivity contribution in [3.8, 4) is 5.88 Å². The van der Waals surface area contributed by atoms with Gasteiger partial charge in [-0.2, -0.15) is 0 Å². The van der Waals surface area contributed by atoms with Gasteiger partial charge in [0.1, 0.15) is 12.1 Å². The summed E-state index contributed by atoms with van der Waals surface area (Å²) in [4.78, 5) is 23.4. The van der Waals surface area contributed by atoms with Crippen LogP contribution in [0, 0.1) is 6.92 Å². The number of ether oxygens (including phenoxy) is 1. The summed E-state index contributed by atoms with van der Waals surface area (Å²) in [7, 11) is 1.59. The minimum Gasteiger partial charge on any atom is -0.481 e. The smallest absolute Gasteiger partial charge is 0.263 e. The second-order valence-electron chi connectivity index (χ2n) is 5.64. The van der Waals surface area contributed by atoms with Crippen LogP contribution in [0.1, 0.15) is 28.1 Å². The first-order valence-corrected chi connectivity index (χ1v) is 8.50. The fourth-order valence-electron chi connectivity index (χ4n) is 2.67. The summed E-state index contributed by atoms with van der Waals surface area (Å²) in [6.45, 7) is 3.53. The number of aromatic nitrogens is 2. The molecule has 6 nitrogen and oxygen atoms in total. The molecule has 3 rings (SSSR count). The predicted octanol–water partition coefficient (Wildman–Crippen LogP) is 2.57. The van der Waals surface area contributed by atoms with E-state index in [0.29, 0.717) is 11.9 Å². The van der Waals surface area contributed by atoms with Gasteiger partial charge in [-0.1, -0.05) is 0 Å². The van der Waals surface area contributed by atoms with Gasteiger partial charge in [-0.3, -0.25) is 4.79 Å². The summed E-state index contributed by atoms with van der Waals surface area (Å²) < 4.78 is 5.10. The van der Waals surface area contributed by atoms with Crippen LogP contribution in [0.4, 0.5) is 5.82 Å². The highest BCUT2D eigenvalue weighted by molar-refractivity contribution is 7.12. The van der Waals surface area contributed by atoms with Crippen molar-refractivity contribution < 1.29 is 9.53 Å². The van der Waals surface area contributed by atoms with Gasteiger partial charge >= 0.3 is 0 Å². The summed E-state index contributed by atoms with van der Waals surface area (Å²) in [5.41, 5.74) is 1.15. The molecule has 1 fully saturated rings. The average Bonchev–Trinajstić information content (AvgIpc) is 3.01. The number of hydrogen-bond donors (Lipinski definition) is 1. The van der Waals surface area contributed by atoms with E-state index in [-0.39, 0.29) is 5.91 Å². The van der Waals surface area contributed by atoms with Crippen LogP contribution in [0.2, 0.25) is 0 Å². The Morgan fingerprint density at radius 3 is 2.78 bits per heavy atom. The number of nitrogens with one attached hydrogen (secondary N) is 1. The van der Waals surface area contributed by atoms with Gasteiger partial charge in [0.2, 0.25) is 5.88 Å². The lowest BCUT2D eigenvalue weighted by molar-refractivity contribution is 0.0723. The average molecular weight is 332 g/mol. The second-order valence-corrected chi connectivity index (χ2v) is 6.56. The number of piperidine rings is 1. The first kappa shape index (κ1) is 15.7. The van der Waals surface area contributed by atoms with E-state index in [4.69, 9.17) is 4.74 Å². The lowest BCUT2D eigenvalue weighted by Gasteiger charge is -2.32. The van der Waals surface area contributed by atoms with Crippen molar-refractivity contribution in [3.63, 3.8) is 0 Å². The third-order valence-corrected chi connectivity index (χ3v) is 4.96. The molecule has 0 unspecified atom stereocenters. The molecule has 1 aliphatic rings. The van der Waals surface area contributed by atoms with Gasteiger partial charge in [-0.15, -0.1) is 11.3 Å². The van der Waals surface area contributed by atoms with E-state index < -0.39 is 0 Å². The molecule has 2 aromatic heterocycles. The number of rotatable bonds is 4. The van der Waals surface area contributed by atoms with Gasteiger partial charge in [0, 0.05) is 25.2 Å². The Morgan fingerprint density at radius 2 is 2.13 bits per heavy atom. The Morgan fingerprint density at radius 1 is 1.35 bits per heavy atom. The highest BCUT2D eigenvalue weighted by atomic mass is 32.1. The molecule has 0 bridgehead atoms. The minimum absolute atomic E-state index is 0.144. The molecule has 7 heteroatoms. The van der Waals surface area contributed by atoms with Crippen molar-refractivity contribution >= 4 is 23.1 Å². The summed E-state index contributed by atoms with van der Waals surface area (Å²) in [6, 6.07) is 4.06. The van der Waals surface area contributed by atoms with E-state index in [1.54, 1.807) is 13.2 Å². The first-order valence-electron chi connectivity index (χ1n) is 7.62. The fraction of sp³-hybridized carbons (Fsp3) is 0.438. The SMILES string of the molecule is COc1cc(NC2CCN(C(=O)c3cc(C)cs3)CC2)ncn1. The number of nitrogens with zero attached hydrogens (tertiary/aromatic N) is 3. The summed E-state index contributed by atoms with van der Waals surface area (Å²) >= 11 is 1.52. The molecule has 0 atom stereocenters. The van der Waals surface area contributed by atoms with Crippen molar-refractivity contribution in [2.24, 2.45) is 0 Å². The Kier molecular flexibility index (Phi) is 4.76. The molecule has 0 saturated carbocycles. The molecular weight excluding hydrogens is 312 g/mol. The number of anilines is 1. The maximum atomic E-state index is 12.4. The molecule has 122 valence electrons. The highest BCUT2D eigenvalue weighted by Crippen LogP contribution is 2.21. The topological polar surface area (TPSA) is 67.3 Å². The monoisotopic (exact) mass is 332 g/mol. The number of methoxy groups -OCH3 is 1. The molecule has 1 amide bonds. The lowest BCUT2D eigenvalue weighted by atomic mass is 10.0. The molecule has 1 aliphatic heterocycles. The van der Waals surface area contributed by atoms with Crippen molar-refractivity contribution in [3.05, 3.63) is 34.3 Å². The minimum atomic E-state index is 0.144. The van der Waals surface area contributed by atoms with E-state index in [1.807, 2.05) is 23.3 Å². The van der Waals surface area contributed by atoms with Gasteiger partial charge in [0.25, 0.3) is 5.91 Å². The standard InChI is InChI=1S/C16H20N4O2S/c1-11-7-13(23-9-11)16(21)20-5-3-12(4-6-20)19-14-8-15(22-2)18-10-17-14/h7-10,12H,3-6H2,1-2H3,(H,17,18,19). The van der Waals surface area contributed by atoms with E-state index in [2.05, 4.69) is 15.3 Å². The van der Waals surface area contributed by atoms with Crippen LogP contribution in [0.15, 0.2) is 23.8 Å². The number of likely N-dealkylation sites (tertiary alicyclic amines) is 1. The van der Waals surface area contributed by atoms with Crippen molar-refractivity contribution in [1.29, 1.82) is 0 Å². The molecule has 2 aromatic rings. The van der Waals surface area contributed by atoms with Crippen molar-refractivity contribution in [2.75, 3.05) is 25.5 Å². The molecule has 3 heterocycles. The fourth-order valence-corrected chi connectivity index (χ4v) is 3.53. The van der Waals surface area contributed by atoms with E-state index in [1.165, 1.54) is 17.7 Å². The van der Waals surface area contributed by atoms with Crippen LogP contribution in [0.25, 0.3) is 0 Å². The summed E-state index contributed by atoms with van der Waals surface area (Å²) in [5, 5.41) is 5.41. The van der Waals surface area contributed by atoms with Crippen molar-refractivity contribution in [2.45, 2.75) is 25.8 Å². The van der Waals surface area contributed by atoms with Crippen LogP contribution in [0.5, 0.6) is 5.88 Å². The van der Waals surface area contributed by atoms with Crippen molar-refractivity contribution in [1.82, 2.24) is 14.9 Å². The lowest BCUT2D eigenvalue weighted by Crippen LogP contribution is -2.42. The quantitative estimate of drug-likeness (QED) is 0.932. The third-order valence-electron chi connectivity index (χ3n) is 3.93. The number of aryl methyl sites for hydroxylation is 1. The number of amides is 1. The summed E-state index contributed by atoms with van der Waals surface area (Å²) in [6.07, 6.45) is 3.30. The second kappa shape index (κ2) is 6.95. The van der Waals surface area contributed by atoms with E-state index >= 15 is 0 Å². The van der Waals surface area contributed by atoms with E-state index in [0.717, 1.165) is 42.2 Å². The van der Waals surface area contributed by atoms with Crippen LogP contribution in [-0.2, 0) is 0 Å². The predicted molar refractivity (Wildman–Crippen MR) is 90.2 cm³/mol. The van der Waals surface area contributed by atoms with Crippen LogP contribution < -0.4 is 10.1 Å². The van der Waals surface area contributed by atoms with Crippen LogP contribution in [-0.4, -0.2) is 47.0 Å². The maximum absolute atomic E-state index is 12.4. The molecule has 0 aliphatic carbocycles. The Hall–Kier alpha value is -2.15. The largest absolute Gasteiger partial charge is 0.481 e. The number of hydrogen-bond acceptors (Lipinski definition) is 6. The number of carbonyl (C=O) groups is 1. The first-order chi connectivity index (χ1) is 11.2. The van der Waals surface area contributed by atoms with Crippen LogP contribution in [0.3, 0.4) is 0 Å². The zero-order valence-electron chi connectivity index (χ0n) is 13.3. The number of thiophene rings is 1. The van der Waals surface area contributed by atoms with Crippen LogP contribution >= 0.6 is 11.3 Å². The van der Waals surface area contributed by atoms with E-state index in [9.17, 15) is 4.79 Å². The molecular formula is C16H20N4O2S. The Labute approximate surface area is 139 Å². The number of carbonyl (C=O) groups excluding carboxylic acids is 1. The Balaban J connectivity index is 1.55. The summed E-state index contributed by atoms with van der Waals surface area (Å²) in [5.74, 6) is 1.45. The molecule has 0 aromatic carbocycles. The molecule has 0 spiro atoms. The van der Waals surface area contributed by atoms with Gasteiger partial charge in [-0.25, -0.2) is 9.97 Å². The van der Waals surface area contributed by atoms with Gasteiger partial charge in [0.15, 0.2) is 0 Å². The maximum Gasteiger partial charge on any atom is 0.263 e. The van der Waals surface area contributed by atoms with Gasteiger partial charge in [-0.05, 0) is 36.8 Å². The molecule has 1 N–H and O–H groups in total. The molecule has 23 heavy (non-hydrogen) atoms. The zero-order chi connectivity index (χ0) is 16.2.